The number of allylic oxidation sites excluding steroid dienone is 4. The second-order valence-corrected chi connectivity index (χ2v) is 18.7. The van der Waals surface area contributed by atoms with Gasteiger partial charge in [0.2, 0.25) is 0 Å². The molecule has 0 saturated heterocycles. The lowest BCUT2D eigenvalue weighted by Crippen LogP contribution is -2.49. The summed E-state index contributed by atoms with van der Waals surface area (Å²) in [7, 11) is 0. The van der Waals surface area contributed by atoms with E-state index in [9.17, 15) is 0 Å². The molecule has 63 heavy (non-hydrogen) atoms. The van der Waals surface area contributed by atoms with Gasteiger partial charge in [0.15, 0.2) is 23.0 Å². The van der Waals surface area contributed by atoms with Crippen LogP contribution >= 0.6 is 23.5 Å². The van der Waals surface area contributed by atoms with Crippen molar-refractivity contribution in [3.05, 3.63) is 81.0 Å². The maximum atomic E-state index is 16.5. The van der Waals surface area contributed by atoms with Crippen LogP contribution in [-0.4, -0.2) is 133 Å². The Morgan fingerprint density at radius 2 is 0.683 bits per heavy atom. The number of hydrogen-bond donors (Lipinski definition) is 0. The number of rotatable bonds is 2. The first kappa shape index (κ1) is 46.2. The molecule has 4 aliphatic heterocycles. The van der Waals surface area contributed by atoms with Crippen LogP contribution in [-0.2, 0) is 28.4 Å². The summed E-state index contributed by atoms with van der Waals surface area (Å²) in [6.07, 6.45) is 0. The van der Waals surface area contributed by atoms with Gasteiger partial charge in [-0.1, -0.05) is 0 Å². The van der Waals surface area contributed by atoms with Crippen molar-refractivity contribution in [2.24, 2.45) is 0 Å². The van der Waals surface area contributed by atoms with Crippen molar-refractivity contribution in [2.75, 3.05) is 106 Å². The molecule has 8 rings (SSSR count). The van der Waals surface area contributed by atoms with Crippen LogP contribution in [0.25, 0.3) is 9.81 Å². The largest absolute Gasteiger partial charge is 0.487 e. The molecule has 0 unspecified atom stereocenters. The fourth-order valence-corrected chi connectivity index (χ4v) is 12.1. The van der Waals surface area contributed by atoms with Gasteiger partial charge < -0.3 is 47.4 Å². The Bertz CT molecular complexity index is 2040. The number of fused-ring (bicyclic) bond motifs is 6. The van der Waals surface area contributed by atoms with Crippen molar-refractivity contribution in [3.63, 3.8) is 0 Å². The topological polar surface area (TPSA) is 92.3 Å². The number of alkyl halides is 6. The van der Waals surface area contributed by atoms with E-state index in [1.165, 1.54) is 37.4 Å². The van der Waals surface area contributed by atoms with Crippen molar-refractivity contribution in [3.8, 4) is 23.0 Å². The molecule has 2 aromatic carbocycles. The van der Waals surface area contributed by atoms with E-state index in [1.807, 2.05) is 0 Å². The number of benzene rings is 2. The molecule has 1 saturated carbocycles. The third kappa shape index (κ3) is 8.18. The van der Waals surface area contributed by atoms with E-state index in [0.717, 1.165) is 0 Å². The predicted octanol–water partition coefficient (Wildman–Crippen LogP) is 9.03. The van der Waals surface area contributed by atoms with Gasteiger partial charge in [0.05, 0.1) is 88.8 Å². The van der Waals surface area contributed by atoms with Crippen LogP contribution in [0.15, 0.2) is 69.8 Å². The van der Waals surface area contributed by atoms with Crippen LogP contribution in [0.3, 0.4) is 0 Å². The Morgan fingerprint density at radius 3 is 1.00 bits per heavy atom. The summed E-state index contributed by atoms with van der Waals surface area (Å²) in [6.45, 7) is 11.1. The Kier molecular flexibility index (Phi) is 13.6. The minimum atomic E-state index is -5.72. The fourth-order valence-electron chi connectivity index (χ4n) is 8.76. The van der Waals surface area contributed by atoms with E-state index in [-0.39, 0.29) is 75.1 Å². The highest BCUT2D eigenvalue weighted by Gasteiger charge is 2.84. The van der Waals surface area contributed by atoms with Gasteiger partial charge in [0.1, 0.15) is 26.4 Å². The SMILES string of the molecule is CC1=C(c2ccc3c(c2)OCCOCCOCCOCCO3)S[C@]2(C)C1=C1C(=C3C(C)=C(c4ccc5c(c4)OCCOCCOCCOCCO5)S[C@]32C)C(F)(F)C(F)(F)C1(F)F. The summed E-state index contributed by atoms with van der Waals surface area (Å²) < 4.78 is 152. The summed E-state index contributed by atoms with van der Waals surface area (Å²) in [6, 6.07) is 10.1. The van der Waals surface area contributed by atoms with Crippen LogP contribution in [0.4, 0.5) is 26.3 Å². The Labute approximate surface area is 370 Å². The number of thioether (sulfide) groups is 2. The average molecular weight is 929 g/mol. The molecule has 0 N–H and O–H groups in total. The molecule has 10 nitrogen and oxygen atoms in total. The van der Waals surface area contributed by atoms with Gasteiger partial charge >= 0.3 is 17.8 Å². The van der Waals surface area contributed by atoms with E-state index in [1.54, 1.807) is 50.2 Å². The van der Waals surface area contributed by atoms with Crippen molar-refractivity contribution < 1.29 is 73.7 Å². The van der Waals surface area contributed by atoms with Gasteiger partial charge in [-0.2, -0.15) is 26.3 Å². The third-order valence-electron chi connectivity index (χ3n) is 11.9. The van der Waals surface area contributed by atoms with Crippen molar-refractivity contribution >= 4 is 33.3 Å². The van der Waals surface area contributed by atoms with Gasteiger partial charge in [-0.05, 0) is 97.5 Å². The molecule has 1 fully saturated rings. The normalized spacial score (nSPS) is 28.3. The van der Waals surface area contributed by atoms with Gasteiger partial charge in [-0.3, -0.25) is 0 Å². The molecule has 4 heterocycles. The van der Waals surface area contributed by atoms with Crippen molar-refractivity contribution in [1.29, 1.82) is 0 Å². The van der Waals surface area contributed by atoms with Crippen LogP contribution in [0, 0.1) is 0 Å². The molecule has 0 spiro atoms. The molecule has 0 amide bonds. The van der Waals surface area contributed by atoms with Crippen LogP contribution in [0.5, 0.6) is 23.0 Å². The molecule has 0 bridgehead atoms. The Hall–Kier alpha value is -3.36. The molecule has 0 aromatic heterocycles. The minimum absolute atomic E-state index is 0.140. The first-order chi connectivity index (χ1) is 30.1. The molecule has 0 radical (unpaired) electrons. The standard InChI is InChI=1S/C45H50F6O10S2/c1-27-35-37-38(44(48,49)45(50,51)43(37,46)47)36-28(2)40(30-6-8-32-34(26-30)61-24-20-57-16-12-53-10-14-55-18-22-59-32)63-42(36,4)41(35,3)62-39(27)29-5-7-31-33(25-29)60-23-19-56-15-11-52-9-13-54-17-21-58-31/h5-8,25-26H,9-24H2,1-4H3/t41-,42-/m1/s1. The predicted molar refractivity (Wildman–Crippen MR) is 226 cm³/mol. The second kappa shape index (κ2) is 18.5. The molecule has 2 atom stereocenters. The van der Waals surface area contributed by atoms with Crippen LogP contribution in [0.2, 0.25) is 0 Å². The maximum Gasteiger partial charge on any atom is 0.380 e. The lowest BCUT2D eigenvalue weighted by molar-refractivity contribution is -0.258. The smallest absolute Gasteiger partial charge is 0.380 e. The van der Waals surface area contributed by atoms with Crippen molar-refractivity contribution in [1.82, 2.24) is 0 Å². The lowest BCUT2D eigenvalue weighted by Gasteiger charge is -2.48. The van der Waals surface area contributed by atoms with E-state index < -0.39 is 38.4 Å². The first-order valence-electron chi connectivity index (χ1n) is 20.9. The molecular weight excluding hydrogens is 879 g/mol. The van der Waals surface area contributed by atoms with Gasteiger partial charge in [0, 0.05) is 21.0 Å². The summed E-state index contributed by atoms with van der Waals surface area (Å²) in [4.78, 5) is 0.902. The van der Waals surface area contributed by atoms with E-state index in [0.29, 0.717) is 96.8 Å². The molecule has 18 heteroatoms. The molecule has 344 valence electrons. The molecule has 2 aromatic rings. The van der Waals surface area contributed by atoms with Crippen molar-refractivity contribution in [2.45, 2.75) is 55.0 Å². The highest BCUT2D eigenvalue weighted by molar-refractivity contribution is 8.14. The lowest BCUT2D eigenvalue weighted by atomic mass is 9.68. The number of hydrogen-bond acceptors (Lipinski definition) is 12. The quantitative estimate of drug-likeness (QED) is 0.269. The summed E-state index contributed by atoms with van der Waals surface area (Å²) in [5, 5.41) is 0. The summed E-state index contributed by atoms with van der Waals surface area (Å²) >= 11 is 2.37. The highest BCUT2D eigenvalue weighted by Crippen LogP contribution is 2.77. The zero-order chi connectivity index (χ0) is 44.6. The second-order valence-electron chi connectivity index (χ2n) is 15.8. The maximum absolute atomic E-state index is 16.5. The van der Waals surface area contributed by atoms with Gasteiger partial charge in [0.25, 0.3) is 0 Å². The van der Waals surface area contributed by atoms with E-state index >= 15 is 26.3 Å². The zero-order valence-corrected chi connectivity index (χ0v) is 37.1. The summed E-state index contributed by atoms with van der Waals surface area (Å²) in [5.41, 5.74) is -1.73. The Morgan fingerprint density at radius 1 is 0.397 bits per heavy atom. The fraction of sp³-hybridized carbons (Fsp3) is 0.556. The van der Waals surface area contributed by atoms with Crippen LogP contribution < -0.4 is 18.9 Å². The monoisotopic (exact) mass is 928 g/mol. The van der Waals surface area contributed by atoms with E-state index in [2.05, 4.69) is 0 Å². The van der Waals surface area contributed by atoms with Gasteiger partial charge in [-0.25, -0.2) is 0 Å². The minimum Gasteiger partial charge on any atom is -0.487 e. The zero-order valence-electron chi connectivity index (χ0n) is 35.4. The first-order valence-corrected chi connectivity index (χ1v) is 22.5. The summed E-state index contributed by atoms with van der Waals surface area (Å²) in [5.74, 6) is -14.7. The third-order valence-corrected chi connectivity index (χ3v) is 15.6. The van der Waals surface area contributed by atoms with Crippen LogP contribution in [0.1, 0.15) is 38.8 Å². The molecular formula is C45H50F6O10S2. The average Bonchev–Trinajstić information content (AvgIpc) is 3.72. The molecule has 2 aliphatic carbocycles. The Balaban J connectivity index is 1.20. The number of ether oxygens (including phenoxy) is 10. The van der Waals surface area contributed by atoms with E-state index in [4.69, 9.17) is 47.4 Å². The van der Waals surface area contributed by atoms with Gasteiger partial charge in [-0.15, -0.1) is 23.5 Å². The number of halogens is 6. The molecule has 6 aliphatic rings. The highest BCUT2D eigenvalue weighted by atomic mass is 32.2.